The molecule has 1 N–H and O–H groups in total. The first-order chi connectivity index (χ1) is 10.9. The Labute approximate surface area is 147 Å². The molecule has 1 saturated heterocycles. The van der Waals surface area contributed by atoms with Gasteiger partial charge in [0.25, 0.3) is 0 Å². The Morgan fingerprint density at radius 2 is 2.04 bits per heavy atom. The van der Waals surface area contributed by atoms with Crippen molar-refractivity contribution in [1.29, 1.82) is 0 Å². The molecular weight excluding hydrogens is 328 g/mol. The molecule has 2 aromatic rings. The van der Waals surface area contributed by atoms with E-state index in [0.717, 1.165) is 36.1 Å². The van der Waals surface area contributed by atoms with Crippen molar-refractivity contribution < 1.29 is 4.74 Å². The number of thiazole rings is 1. The van der Waals surface area contributed by atoms with Gasteiger partial charge in [0.15, 0.2) is 0 Å². The van der Waals surface area contributed by atoms with E-state index in [9.17, 15) is 0 Å². The molecule has 1 atom stereocenters. The van der Waals surface area contributed by atoms with Crippen molar-refractivity contribution in [2.24, 2.45) is 0 Å². The van der Waals surface area contributed by atoms with Crippen LogP contribution in [0.5, 0.6) is 0 Å². The van der Waals surface area contributed by atoms with Crippen molar-refractivity contribution >= 4 is 22.9 Å². The van der Waals surface area contributed by atoms with E-state index in [1.165, 1.54) is 16.1 Å². The second kappa shape index (κ2) is 6.89. The summed E-state index contributed by atoms with van der Waals surface area (Å²) in [5.74, 6) is 0. The zero-order chi connectivity index (χ0) is 16.4. The lowest BCUT2D eigenvalue weighted by Gasteiger charge is -2.22. The summed E-state index contributed by atoms with van der Waals surface area (Å²) in [6, 6.07) is 8.08. The van der Waals surface area contributed by atoms with Crippen LogP contribution in [0.1, 0.15) is 48.0 Å². The molecule has 3 rings (SSSR count). The third-order valence-electron chi connectivity index (χ3n) is 3.91. The summed E-state index contributed by atoms with van der Waals surface area (Å²) in [5.41, 5.74) is 2.47. The van der Waals surface area contributed by atoms with Gasteiger partial charge in [0.2, 0.25) is 0 Å². The van der Waals surface area contributed by atoms with Crippen molar-refractivity contribution in [2.45, 2.75) is 38.7 Å². The summed E-state index contributed by atoms with van der Waals surface area (Å²) in [4.78, 5) is 6.27. The maximum atomic E-state index is 5.99. The molecule has 124 valence electrons. The monoisotopic (exact) mass is 350 g/mol. The van der Waals surface area contributed by atoms with Gasteiger partial charge in [-0.05, 0) is 17.7 Å². The molecule has 1 fully saturated rings. The summed E-state index contributed by atoms with van der Waals surface area (Å²) in [6.07, 6.45) is 0.968. The van der Waals surface area contributed by atoms with Gasteiger partial charge in [-0.3, -0.25) is 0 Å². The van der Waals surface area contributed by atoms with Gasteiger partial charge >= 0.3 is 0 Å². The van der Waals surface area contributed by atoms with Crippen LogP contribution in [0.25, 0.3) is 0 Å². The standard InChI is InChI=1S/C18H23ClN2OS/c1-18(2,3)16-15(10-12-4-6-13(19)7-5-12)23-17(21-16)14-11-20-8-9-22-14/h4-7,14,20H,8-11H2,1-3H3. The molecule has 0 aliphatic carbocycles. The second-order valence-corrected chi connectivity index (χ2v) is 8.49. The molecule has 1 aromatic carbocycles. The van der Waals surface area contributed by atoms with Gasteiger partial charge in [0, 0.05) is 34.8 Å². The van der Waals surface area contributed by atoms with E-state index < -0.39 is 0 Å². The zero-order valence-electron chi connectivity index (χ0n) is 13.9. The van der Waals surface area contributed by atoms with Gasteiger partial charge in [-0.2, -0.15) is 0 Å². The van der Waals surface area contributed by atoms with Crippen molar-refractivity contribution in [1.82, 2.24) is 10.3 Å². The highest BCUT2D eigenvalue weighted by atomic mass is 35.5. The Hall–Kier alpha value is -0.940. The minimum absolute atomic E-state index is 0.0264. The Balaban J connectivity index is 1.90. The minimum Gasteiger partial charge on any atom is -0.368 e. The molecule has 2 heterocycles. The predicted octanol–water partition coefficient (Wildman–Crippen LogP) is 4.35. The third kappa shape index (κ3) is 4.13. The van der Waals surface area contributed by atoms with Crippen molar-refractivity contribution in [3.8, 4) is 0 Å². The molecule has 1 aliphatic heterocycles. The molecule has 0 amide bonds. The molecule has 0 saturated carbocycles. The molecule has 23 heavy (non-hydrogen) atoms. The average Bonchev–Trinajstić information content (AvgIpc) is 2.95. The first-order valence-electron chi connectivity index (χ1n) is 8.00. The van der Waals surface area contributed by atoms with Crippen molar-refractivity contribution in [3.63, 3.8) is 0 Å². The maximum Gasteiger partial charge on any atom is 0.123 e. The average molecular weight is 351 g/mol. The fourth-order valence-electron chi connectivity index (χ4n) is 2.73. The fourth-order valence-corrected chi connectivity index (χ4v) is 4.21. The highest BCUT2D eigenvalue weighted by Crippen LogP contribution is 2.35. The number of benzene rings is 1. The number of nitrogens with one attached hydrogen (secondary N) is 1. The Morgan fingerprint density at radius 3 is 2.65 bits per heavy atom. The summed E-state index contributed by atoms with van der Waals surface area (Å²) in [6.45, 7) is 9.18. The van der Waals surface area contributed by atoms with Crippen LogP contribution in [0.15, 0.2) is 24.3 Å². The number of hydrogen-bond donors (Lipinski definition) is 1. The SMILES string of the molecule is CC(C)(C)c1nc(C2CNCCO2)sc1Cc1ccc(Cl)cc1. The van der Waals surface area contributed by atoms with E-state index in [2.05, 4.69) is 38.2 Å². The number of nitrogens with zero attached hydrogens (tertiary/aromatic N) is 1. The molecule has 1 unspecified atom stereocenters. The Morgan fingerprint density at radius 1 is 1.30 bits per heavy atom. The van der Waals surface area contributed by atoms with Crippen LogP contribution in [-0.2, 0) is 16.6 Å². The largest absolute Gasteiger partial charge is 0.368 e. The minimum atomic E-state index is 0.0264. The number of halogens is 1. The Kier molecular flexibility index (Phi) is 5.07. The van der Waals surface area contributed by atoms with Crippen molar-refractivity contribution in [3.05, 3.63) is 50.4 Å². The van der Waals surface area contributed by atoms with Gasteiger partial charge in [-0.15, -0.1) is 11.3 Å². The molecule has 3 nitrogen and oxygen atoms in total. The van der Waals surface area contributed by atoms with Crippen LogP contribution >= 0.6 is 22.9 Å². The smallest absolute Gasteiger partial charge is 0.123 e. The van der Waals surface area contributed by atoms with Gasteiger partial charge in [-0.1, -0.05) is 44.5 Å². The van der Waals surface area contributed by atoms with Crippen LogP contribution in [-0.4, -0.2) is 24.7 Å². The highest BCUT2D eigenvalue weighted by molar-refractivity contribution is 7.11. The number of rotatable bonds is 3. The number of aromatic nitrogens is 1. The van der Waals surface area contributed by atoms with E-state index in [4.69, 9.17) is 21.3 Å². The quantitative estimate of drug-likeness (QED) is 0.893. The number of morpholine rings is 1. The predicted molar refractivity (Wildman–Crippen MR) is 96.6 cm³/mol. The van der Waals surface area contributed by atoms with Crippen LogP contribution in [0, 0.1) is 0 Å². The molecular formula is C18H23ClN2OS. The van der Waals surface area contributed by atoms with Gasteiger partial charge in [0.1, 0.15) is 11.1 Å². The van der Waals surface area contributed by atoms with Gasteiger partial charge < -0.3 is 10.1 Å². The van der Waals surface area contributed by atoms with Crippen LogP contribution < -0.4 is 5.32 Å². The molecule has 1 aromatic heterocycles. The van der Waals surface area contributed by atoms with E-state index in [-0.39, 0.29) is 11.5 Å². The lowest BCUT2D eigenvalue weighted by atomic mass is 9.90. The first kappa shape index (κ1) is 16.9. The number of ether oxygens (including phenoxy) is 1. The first-order valence-corrected chi connectivity index (χ1v) is 9.20. The van der Waals surface area contributed by atoms with Crippen molar-refractivity contribution in [2.75, 3.05) is 19.7 Å². The highest BCUT2D eigenvalue weighted by Gasteiger charge is 2.27. The van der Waals surface area contributed by atoms with Crippen LogP contribution in [0.4, 0.5) is 0 Å². The lowest BCUT2D eigenvalue weighted by Crippen LogP contribution is -2.33. The third-order valence-corrected chi connectivity index (χ3v) is 5.30. The molecule has 0 bridgehead atoms. The van der Waals surface area contributed by atoms with Gasteiger partial charge in [-0.25, -0.2) is 4.98 Å². The van der Waals surface area contributed by atoms with E-state index in [1.54, 1.807) is 11.3 Å². The van der Waals surface area contributed by atoms with E-state index in [1.807, 2.05) is 12.1 Å². The Bertz CT molecular complexity index is 655. The second-order valence-electron chi connectivity index (χ2n) is 6.94. The molecule has 5 heteroatoms. The molecule has 0 spiro atoms. The normalized spacial score (nSPS) is 19.0. The number of hydrogen-bond acceptors (Lipinski definition) is 4. The summed E-state index contributed by atoms with van der Waals surface area (Å²) in [5, 5.41) is 5.25. The molecule has 1 aliphatic rings. The summed E-state index contributed by atoms with van der Waals surface area (Å²) in [7, 11) is 0. The summed E-state index contributed by atoms with van der Waals surface area (Å²) >= 11 is 7.77. The van der Waals surface area contributed by atoms with E-state index in [0.29, 0.717) is 0 Å². The van der Waals surface area contributed by atoms with E-state index >= 15 is 0 Å². The lowest BCUT2D eigenvalue weighted by molar-refractivity contribution is 0.0274. The summed E-state index contributed by atoms with van der Waals surface area (Å²) < 4.78 is 5.88. The fraction of sp³-hybridized carbons (Fsp3) is 0.500. The molecule has 0 radical (unpaired) electrons. The topological polar surface area (TPSA) is 34.2 Å². The zero-order valence-corrected chi connectivity index (χ0v) is 15.4. The van der Waals surface area contributed by atoms with Gasteiger partial charge in [0.05, 0.1) is 12.3 Å². The maximum absolute atomic E-state index is 5.99. The van der Waals surface area contributed by atoms with Crippen LogP contribution in [0.2, 0.25) is 5.02 Å². The van der Waals surface area contributed by atoms with Crippen LogP contribution in [0.3, 0.4) is 0 Å².